The van der Waals surface area contributed by atoms with Crippen LogP contribution in [0.4, 0.5) is 5.13 Å². The van der Waals surface area contributed by atoms with Gasteiger partial charge in [0.2, 0.25) is 5.89 Å². The molecule has 0 bridgehead atoms. The molecular formula is C16H20ClN5O3S. The van der Waals surface area contributed by atoms with Crippen LogP contribution in [0.25, 0.3) is 0 Å². The predicted molar refractivity (Wildman–Crippen MR) is 100 cm³/mol. The van der Waals surface area contributed by atoms with Gasteiger partial charge < -0.3 is 14.3 Å². The number of amides is 1. The van der Waals surface area contributed by atoms with Gasteiger partial charge in [0, 0.05) is 17.8 Å². The maximum atomic E-state index is 12.1. The van der Waals surface area contributed by atoms with Crippen molar-refractivity contribution >= 4 is 34.8 Å². The second-order valence-electron chi connectivity index (χ2n) is 5.66. The van der Waals surface area contributed by atoms with Gasteiger partial charge in [0.1, 0.15) is 5.76 Å². The third-order valence-corrected chi connectivity index (χ3v) is 4.51. The van der Waals surface area contributed by atoms with Crippen LogP contribution in [0.1, 0.15) is 40.5 Å². The molecule has 8 nitrogen and oxygen atoms in total. The van der Waals surface area contributed by atoms with Crippen LogP contribution in [-0.2, 0) is 12.8 Å². The third-order valence-electron chi connectivity index (χ3n) is 3.70. The summed E-state index contributed by atoms with van der Waals surface area (Å²) in [4.78, 5) is 20.9. The molecule has 3 rings (SSSR count). The highest BCUT2D eigenvalue weighted by Gasteiger charge is 2.15. The van der Waals surface area contributed by atoms with Crippen molar-refractivity contribution in [2.45, 2.75) is 32.7 Å². The van der Waals surface area contributed by atoms with Crippen LogP contribution in [0, 0.1) is 6.92 Å². The first-order valence-electron chi connectivity index (χ1n) is 7.83. The zero-order valence-electron chi connectivity index (χ0n) is 14.6. The molecule has 0 spiro atoms. The Labute approximate surface area is 160 Å². The van der Waals surface area contributed by atoms with E-state index >= 15 is 0 Å². The maximum Gasteiger partial charge on any atom is 0.260 e. The van der Waals surface area contributed by atoms with Crippen LogP contribution in [-0.4, -0.2) is 34.1 Å². The van der Waals surface area contributed by atoms with Crippen LogP contribution in [0.3, 0.4) is 0 Å². The van der Waals surface area contributed by atoms with E-state index in [0.717, 1.165) is 5.69 Å². The van der Waals surface area contributed by atoms with Gasteiger partial charge in [0.15, 0.2) is 11.0 Å². The summed E-state index contributed by atoms with van der Waals surface area (Å²) in [5.74, 6) is 1.50. The molecule has 0 radical (unpaired) electrons. The molecule has 0 aliphatic rings. The molecule has 26 heavy (non-hydrogen) atoms. The van der Waals surface area contributed by atoms with E-state index in [0.29, 0.717) is 41.0 Å². The molecule has 0 saturated heterocycles. The van der Waals surface area contributed by atoms with E-state index in [1.165, 1.54) is 17.6 Å². The van der Waals surface area contributed by atoms with Crippen LogP contribution in [0.15, 0.2) is 26.6 Å². The van der Waals surface area contributed by atoms with E-state index in [2.05, 4.69) is 25.8 Å². The van der Waals surface area contributed by atoms with E-state index in [9.17, 15) is 4.79 Å². The fraction of sp³-hybridized carbons (Fsp3) is 0.375. The Hall–Kier alpha value is -2.23. The lowest BCUT2D eigenvalue weighted by atomic mass is 10.2. The minimum Gasteiger partial charge on any atom is -0.469 e. The van der Waals surface area contributed by atoms with Gasteiger partial charge >= 0.3 is 0 Å². The van der Waals surface area contributed by atoms with Crippen LogP contribution in [0.2, 0.25) is 0 Å². The number of furan rings is 1. The number of aryl methyl sites for hydroxylation is 1. The van der Waals surface area contributed by atoms with Gasteiger partial charge in [0.05, 0.1) is 23.9 Å². The van der Waals surface area contributed by atoms with E-state index in [-0.39, 0.29) is 24.4 Å². The van der Waals surface area contributed by atoms with Gasteiger partial charge in [-0.05, 0) is 27.0 Å². The molecule has 3 heterocycles. The number of halogens is 1. The number of carbonyl (C=O) groups excluding carboxylic acids is 1. The summed E-state index contributed by atoms with van der Waals surface area (Å²) in [6.07, 6.45) is 2.61. The zero-order chi connectivity index (χ0) is 17.8. The number of aromatic nitrogens is 3. The first kappa shape index (κ1) is 20.1. The van der Waals surface area contributed by atoms with E-state index in [1.807, 2.05) is 19.4 Å². The van der Waals surface area contributed by atoms with E-state index < -0.39 is 0 Å². The van der Waals surface area contributed by atoms with Crippen molar-refractivity contribution in [1.29, 1.82) is 0 Å². The number of nitrogens with zero attached hydrogens (tertiary/aromatic N) is 3. The fourth-order valence-corrected chi connectivity index (χ4v) is 2.91. The second kappa shape index (κ2) is 8.93. The van der Waals surface area contributed by atoms with Gasteiger partial charge in [-0.15, -0.1) is 23.7 Å². The zero-order valence-corrected chi connectivity index (χ0v) is 16.2. The Morgan fingerprint density at radius 1 is 1.38 bits per heavy atom. The summed E-state index contributed by atoms with van der Waals surface area (Å²) in [7, 11) is 1.89. The minimum atomic E-state index is -0.242. The predicted octanol–water partition coefficient (Wildman–Crippen LogP) is 2.84. The van der Waals surface area contributed by atoms with Crippen molar-refractivity contribution in [1.82, 2.24) is 20.4 Å². The van der Waals surface area contributed by atoms with Gasteiger partial charge in [-0.1, -0.05) is 5.16 Å². The minimum absolute atomic E-state index is 0. The molecule has 3 aromatic heterocycles. The maximum absolute atomic E-state index is 12.1. The molecule has 10 heteroatoms. The van der Waals surface area contributed by atoms with Crippen LogP contribution in [0.5, 0.6) is 0 Å². The molecule has 1 unspecified atom stereocenters. The molecule has 0 aliphatic carbocycles. The molecular weight excluding hydrogens is 378 g/mol. The van der Waals surface area contributed by atoms with Crippen LogP contribution >= 0.6 is 23.7 Å². The van der Waals surface area contributed by atoms with Gasteiger partial charge in [-0.25, -0.2) is 4.98 Å². The van der Waals surface area contributed by atoms with Crippen molar-refractivity contribution in [3.8, 4) is 0 Å². The van der Waals surface area contributed by atoms with Crippen molar-refractivity contribution in [2.24, 2.45) is 0 Å². The Kier molecular flexibility index (Phi) is 6.90. The lowest BCUT2D eigenvalue weighted by Crippen LogP contribution is -2.24. The summed E-state index contributed by atoms with van der Waals surface area (Å²) in [6, 6.07) is 1.91. The molecule has 140 valence electrons. The van der Waals surface area contributed by atoms with E-state index in [4.69, 9.17) is 8.94 Å². The van der Waals surface area contributed by atoms with Crippen LogP contribution < -0.4 is 10.6 Å². The number of rotatable bonds is 7. The second-order valence-corrected chi connectivity index (χ2v) is 6.52. The number of anilines is 1. The molecule has 0 aromatic carbocycles. The first-order valence-corrected chi connectivity index (χ1v) is 8.71. The number of nitrogens with one attached hydrogen (secondary N) is 2. The Morgan fingerprint density at radius 2 is 2.19 bits per heavy atom. The fourth-order valence-electron chi connectivity index (χ4n) is 2.21. The molecule has 0 fully saturated rings. The number of likely N-dealkylation sites (N-methyl/N-ethyl adjacent to an activating group) is 1. The van der Waals surface area contributed by atoms with E-state index in [1.54, 1.807) is 13.0 Å². The van der Waals surface area contributed by atoms with Crippen molar-refractivity contribution in [3.05, 3.63) is 46.4 Å². The smallest absolute Gasteiger partial charge is 0.260 e. The summed E-state index contributed by atoms with van der Waals surface area (Å²) in [5, 5.41) is 12.2. The summed E-state index contributed by atoms with van der Waals surface area (Å²) >= 11 is 1.35. The highest BCUT2D eigenvalue weighted by atomic mass is 35.5. The molecule has 0 aliphatic heterocycles. The molecule has 2 N–H and O–H groups in total. The van der Waals surface area contributed by atoms with Gasteiger partial charge in [-0.3, -0.25) is 10.1 Å². The average molecular weight is 398 g/mol. The SMILES string of the molecule is CNC(C)Cc1noc(Cc2csc(NC(=O)c3ccoc3C)n2)n1.Cl. The van der Waals surface area contributed by atoms with Crippen molar-refractivity contribution < 1.29 is 13.7 Å². The van der Waals surface area contributed by atoms with Crippen molar-refractivity contribution in [3.63, 3.8) is 0 Å². The number of thiazole rings is 1. The Bertz CT molecular complexity index is 860. The van der Waals surface area contributed by atoms with Crippen molar-refractivity contribution in [2.75, 3.05) is 12.4 Å². The van der Waals surface area contributed by atoms with Gasteiger partial charge in [-0.2, -0.15) is 4.98 Å². The molecule has 0 saturated carbocycles. The largest absolute Gasteiger partial charge is 0.469 e. The topological polar surface area (TPSA) is 106 Å². The standard InChI is InChI=1S/C16H19N5O3S.ClH/c1-9(17-3)6-13-19-14(24-21-13)7-11-8-25-16(18-11)20-15(22)12-4-5-23-10(12)2;/h4-5,8-9,17H,6-7H2,1-3H3,(H,18,20,22);1H. The lowest BCUT2D eigenvalue weighted by molar-refractivity contribution is 0.102. The quantitative estimate of drug-likeness (QED) is 0.631. The summed E-state index contributed by atoms with van der Waals surface area (Å²) < 4.78 is 10.4. The monoisotopic (exact) mass is 397 g/mol. The third kappa shape index (κ3) is 4.90. The first-order chi connectivity index (χ1) is 12.0. The highest BCUT2D eigenvalue weighted by Crippen LogP contribution is 2.19. The molecule has 3 aromatic rings. The average Bonchev–Trinajstić information content (AvgIpc) is 3.30. The number of hydrogen-bond donors (Lipinski definition) is 2. The Balaban J connectivity index is 0.00000243. The van der Waals surface area contributed by atoms with Gasteiger partial charge in [0.25, 0.3) is 5.91 Å². The molecule has 1 atom stereocenters. The summed E-state index contributed by atoms with van der Waals surface area (Å²) in [6.45, 7) is 3.79. The Morgan fingerprint density at radius 3 is 2.88 bits per heavy atom. The number of hydrogen-bond acceptors (Lipinski definition) is 8. The normalized spacial score (nSPS) is 11.8. The number of carbonyl (C=O) groups is 1. The highest BCUT2D eigenvalue weighted by molar-refractivity contribution is 7.14. The lowest BCUT2D eigenvalue weighted by Gasteiger charge is -2.04. The molecule has 1 amide bonds. The summed E-state index contributed by atoms with van der Waals surface area (Å²) in [5.41, 5.74) is 1.26.